The number of hydrogen-bond acceptors (Lipinski definition) is 4. The maximum atomic E-state index is 13.3. The van der Waals surface area contributed by atoms with Gasteiger partial charge in [0.25, 0.3) is 0 Å². The van der Waals surface area contributed by atoms with Gasteiger partial charge in [-0.3, -0.25) is 9.59 Å². The largest absolute Gasteiger partial charge is 0.396 e. The predicted molar refractivity (Wildman–Crippen MR) is 149 cm³/mol. The minimum Gasteiger partial charge on any atom is -0.396 e. The molecule has 0 saturated heterocycles. The number of ketones is 2. The first-order chi connectivity index (χ1) is 16.5. The lowest BCUT2D eigenvalue weighted by molar-refractivity contribution is -0.114. The summed E-state index contributed by atoms with van der Waals surface area (Å²) in [6.45, 7) is 17.0. The Morgan fingerprint density at radius 2 is 1.06 bits per heavy atom. The van der Waals surface area contributed by atoms with E-state index in [-0.39, 0.29) is 40.0 Å². The molecule has 2 aliphatic carbocycles. The van der Waals surface area contributed by atoms with Gasteiger partial charge in [-0.25, -0.2) is 0 Å². The summed E-state index contributed by atoms with van der Waals surface area (Å²) >= 11 is 0. The van der Waals surface area contributed by atoms with Crippen LogP contribution >= 0.6 is 0 Å². The molecule has 1 N–H and O–H groups in total. The van der Waals surface area contributed by atoms with E-state index in [2.05, 4.69) is 79.7 Å². The first kappa shape index (κ1) is 30.4. The van der Waals surface area contributed by atoms with Crippen molar-refractivity contribution in [3.8, 4) is 0 Å². The summed E-state index contributed by atoms with van der Waals surface area (Å²) in [6, 6.07) is 0. The van der Waals surface area contributed by atoms with E-state index in [1.165, 1.54) is 0 Å². The molecule has 0 aromatic carbocycles. The van der Waals surface area contributed by atoms with Gasteiger partial charge in [0.15, 0.2) is 11.6 Å². The van der Waals surface area contributed by atoms with Gasteiger partial charge in [-0.2, -0.15) is 0 Å². The maximum absolute atomic E-state index is 13.3. The predicted octanol–water partition coefficient (Wildman–Crippen LogP) is 7.47. The third kappa shape index (κ3) is 8.95. The van der Waals surface area contributed by atoms with Gasteiger partial charge in [0, 0.05) is 24.5 Å². The number of methoxy groups -OCH3 is 1. The summed E-state index contributed by atoms with van der Waals surface area (Å²) in [5.41, 5.74) is 2.74. The van der Waals surface area contributed by atoms with Crippen LogP contribution in [0.3, 0.4) is 0 Å². The summed E-state index contributed by atoms with van der Waals surface area (Å²) in [5, 5.41) is 9.54. The second kappa shape index (κ2) is 11.7. The molecule has 2 aliphatic rings. The first-order valence-corrected chi connectivity index (χ1v) is 13.6. The van der Waals surface area contributed by atoms with Crippen LogP contribution in [-0.2, 0) is 14.3 Å². The molecule has 0 aromatic heterocycles. The number of aliphatic hydroxyl groups is 1. The molecule has 0 aromatic rings. The van der Waals surface area contributed by atoms with E-state index in [0.717, 1.165) is 60.8 Å². The van der Waals surface area contributed by atoms with Gasteiger partial charge in [0.1, 0.15) is 0 Å². The van der Waals surface area contributed by atoms with Crippen LogP contribution in [0, 0.1) is 16.2 Å². The zero-order chi connectivity index (χ0) is 27.4. The molecule has 4 nitrogen and oxygen atoms in total. The van der Waals surface area contributed by atoms with Gasteiger partial charge >= 0.3 is 0 Å². The van der Waals surface area contributed by atoms with Crippen LogP contribution in [0.5, 0.6) is 0 Å². The highest BCUT2D eigenvalue weighted by Gasteiger charge is 2.30. The Morgan fingerprint density at radius 3 is 1.42 bits per heavy atom. The Balaban J connectivity index is 2.06. The van der Waals surface area contributed by atoms with Crippen molar-refractivity contribution in [3.05, 3.63) is 46.6 Å². The standard InChI is InChI=1S/C32H50O4/c1-29(2,22-33)16-10-12-23-18-30(3,4)20-25(27(23)34)14-15-26-21-31(5,6)19-24(28(26)35)13-11-17-32(7,8)36-9/h18-21,33H,10-17,22H2,1-9H3. The molecule has 36 heavy (non-hydrogen) atoms. The highest BCUT2D eigenvalue weighted by molar-refractivity contribution is 6.11. The third-order valence-electron chi connectivity index (χ3n) is 7.52. The van der Waals surface area contributed by atoms with Crippen LogP contribution in [-0.4, -0.2) is 36.0 Å². The normalized spacial score (nSPS) is 20.1. The molecule has 202 valence electrons. The average Bonchev–Trinajstić information content (AvgIpc) is 2.76. The number of Topliss-reactive ketones (excluding diaryl/α,β-unsaturated/α-hetero) is 2. The monoisotopic (exact) mass is 498 g/mol. The molecular formula is C32H50O4. The minimum absolute atomic E-state index is 0.122. The summed E-state index contributed by atoms with van der Waals surface area (Å²) in [7, 11) is 1.73. The Kier molecular flexibility index (Phi) is 9.92. The fourth-order valence-electron chi connectivity index (χ4n) is 5.21. The second-order valence-electron chi connectivity index (χ2n) is 13.5. The molecule has 0 unspecified atom stereocenters. The molecule has 0 radical (unpaired) electrons. The van der Waals surface area contributed by atoms with Gasteiger partial charge in [0.05, 0.1) is 5.60 Å². The Morgan fingerprint density at radius 1 is 0.694 bits per heavy atom. The van der Waals surface area contributed by atoms with E-state index in [0.29, 0.717) is 12.8 Å². The topological polar surface area (TPSA) is 63.6 Å². The molecule has 0 spiro atoms. The van der Waals surface area contributed by atoms with Gasteiger partial charge in [-0.05, 0) is 92.9 Å². The number of rotatable bonds is 13. The Labute approximate surface area is 220 Å². The molecule has 0 amide bonds. The van der Waals surface area contributed by atoms with E-state index < -0.39 is 0 Å². The summed E-state index contributed by atoms with van der Waals surface area (Å²) in [4.78, 5) is 26.7. The molecule has 0 bridgehead atoms. The molecular weight excluding hydrogens is 448 g/mol. The van der Waals surface area contributed by atoms with E-state index >= 15 is 0 Å². The van der Waals surface area contributed by atoms with Crippen molar-refractivity contribution in [2.24, 2.45) is 16.2 Å². The van der Waals surface area contributed by atoms with Crippen molar-refractivity contribution in [2.75, 3.05) is 13.7 Å². The van der Waals surface area contributed by atoms with Crippen molar-refractivity contribution in [1.29, 1.82) is 0 Å². The number of carbonyl (C=O) groups excluding carboxylic acids is 2. The third-order valence-corrected chi connectivity index (χ3v) is 7.52. The summed E-state index contributed by atoms with van der Waals surface area (Å²) < 4.78 is 5.53. The lowest BCUT2D eigenvalue weighted by Gasteiger charge is -2.28. The molecule has 0 aliphatic heterocycles. The summed E-state index contributed by atoms with van der Waals surface area (Å²) in [6.07, 6.45) is 14.6. The smallest absolute Gasteiger partial charge is 0.184 e. The van der Waals surface area contributed by atoms with Crippen LogP contribution in [0.4, 0.5) is 0 Å². The fourth-order valence-corrected chi connectivity index (χ4v) is 5.21. The van der Waals surface area contributed by atoms with Crippen molar-refractivity contribution in [1.82, 2.24) is 0 Å². The van der Waals surface area contributed by atoms with Gasteiger partial charge in [-0.15, -0.1) is 0 Å². The minimum atomic E-state index is -0.188. The highest BCUT2D eigenvalue weighted by atomic mass is 16.5. The van der Waals surface area contributed by atoms with E-state index in [1.54, 1.807) is 7.11 Å². The first-order valence-electron chi connectivity index (χ1n) is 13.6. The van der Waals surface area contributed by atoms with Crippen LogP contribution in [0.15, 0.2) is 46.6 Å². The molecule has 4 heteroatoms. The number of ether oxygens (including phenoxy) is 1. The van der Waals surface area contributed by atoms with Gasteiger partial charge in [-0.1, -0.05) is 65.8 Å². The zero-order valence-electron chi connectivity index (χ0n) is 24.3. The van der Waals surface area contributed by atoms with Crippen LogP contribution in [0.25, 0.3) is 0 Å². The average molecular weight is 499 g/mol. The van der Waals surface area contributed by atoms with Crippen molar-refractivity contribution in [3.63, 3.8) is 0 Å². The molecule has 2 rings (SSSR count). The SMILES string of the molecule is COC(C)(C)CCCC1=CC(C)(C)C=C(CCC2=CC(C)(C)C=C(CCCC(C)(C)CO)C2=O)C1=O. The number of carbonyl (C=O) groups is 2. The number of hydrogen-bond donors (Lipinski definition) is 1. The zero-order valence-corrected chi connectivity index (χ0v) is 24.3. The van der Waals surface area contributed by atoms with Crippen LogP contribution in [0.1, 0.15) is 107 Å². The van der Waals surface area contributed by atoms with E-state index in [1.807, 2.05) is 0 Å². The number of allylic oxidation sites excluding steroid dienone is 8. The van der Waals surface area contributed by atoms with E-state index in [4.69, 9.17) is 4.74 Å². The maximum Gasteiger partial charge on any atom is 0.184 e. The quantitative estimate of drug-likeness (QED) is 0.286. The van der Waals surface area contributed by atoms with Crippen LogP contribution < -0.4 is 0 Å². The van der Waals surface area contributed by atoms with Gasteiger partial charge in [0.2, 0.25) is 0 Å². The second-order valence-corrected chi connectivity index (χ2v) is 13.5. The number of aliphatic hydroxyl groups excluding tert-OH is 1. The highest BCUT2D eigenvalue weighted by Crippen LogP contribution is 2.37. The van der Waals surface area contributed by atoms with E-state index in [9.17, 15) is 14.7 Å². The molecule has 0 saturated carbocycles. The van der Waals surface area contributed by atoms with Crippen molar-refractivity contribution in [2.45, 2.75) is 112 Å². The van der Waals surface area contributed by atoms with Crippen molar-refractivity contribution < 1.29 is 19.4 Å². The van der Waals surface area contributed by atoms with Gasteiger partial charge < -0.3 is 9.84 Å². The Bertz CT molecular complexity index is 873. The molecule has 0 heterocycles. The Hall–Kier alpha value is -1.78. The molecule has 0 fully saturated rings. The van der Waals surface area contributed by atoms with Crippen molar-refractivity contribution >= 4 is 11.6 Å². The molecule has 0 atom stereocenters. The fraction of sp³-hybridized carbons (Fsp3) is 0.688. The lowest BCUT2D eigenvalue weighted by Crippen LogP contribution is -2.24. The van der Waals surface area contributed by atoms with Crippen LogP contribution in [0.2, 0.25) is 0 Å². The lowest BCUT2D eigenvalue weighted by atomic mass is 9.75. The summed E-state index contributed by atoms with van der Waals surface area (Å²) in [5.74, 6) is 0.256.